The van der Waals surface area contributed by atoms with E-state index >= 15 is 0 Å². The Bertz CT molecular complexity index is 849. The number of benzene rings is 3. The highest BCUT2D eigenvalue weighted by Crippen LogP contribution is 2.41. The largest absolute Gasteiger partial charge is 0.507 e. The van der Waals surface area contributed by atoms with Crippen molar-refractivity contribution >= 4 is 0 Å². The minimum absolute atomic E-state index is 0.191. The van der Waals surface area contributed by atoms with Gasteiger partial charge in [0, 0.05) is 11.1 Å². The molecule has 0 aliphatic heterocycles. The molecule has 0 fully saturated rings. The van der Waals surface area contributed by atoms with E-state index in [0.29, 0.717) is 11.1 Å². The average Bonchev–Trinajstić information content (AvgIpc) is 2.57. The maximum absolute atomic E-state index is 10.9. The molecule has 0 aliphatic rings. The summed E-state index contributed by atoms with van der Waals surface area (Å²) < 4.78 is 0. The molecule has 0 aliphatic carbocycles. The molecule has 0 heterocycles. The Labute approximate surface area is 147 Å². The summed E-state index contributed by atoms with van der Waals surface area (Å²) >= 11 is 0. The fraction of sp³-hybridized carbons (Fsp3) is 0.182. The van der Waals surface area contributed by atoms with Crippen LogP contribution < -0.4 is 0 Å². The zero-order valence-electron chi connectivity index (χ0n) is 14.9. The van der Waals surface area contributed by atoms with Gasteiger partial charge in [0.25, 0.3) is 0 Å². The summed E-state index contributed by atoms with van der Waals surface area (Å²) in [4.78, 5) is 0. The minimum atomic E-state index is 0.191. The topological polar surface area (TPSA) is 60.7 Å². The Morgan fingerprint density at radius 1 is 0.520 bits per heavy atom. The van der Waals surface area contributed by atoms with Gasteiger partial charge in [0.1, 0.15) is 17.2 Å². The molecule has 0 amide bonds. The second-order valence-corrected chi connectivity index (χ2v) is 6.62. The molecule has 0 saturated heterocycles. The Kier molecular flexibility index (Phi) is 4.17. The molecule has 0 aromatic heterocycles. The first-order valence-electron chi connectivity index (χ1n) is 8.22. The van der Waals surface area contributed by atoms with Crippen LogP contribution in [0.5, 0.6) is 17.2 Å². The van der Waals surface area contributed by atoms with Gasteiger partial charge in [0.05, 0.1) is 0 Å². The third kappa shape index (κ3) is 2.93. The van der Waals surface area contributed by atoms with Crippen molar-refractivity contribution in [2.24, 2.45) is 0 Å². The van der Waals surface area contributed by atoms with Crippen LogP contribution in [0.15, 0.2) is 42.5 Å². The number of hydrogen-bond acceptors (Lipinski definition) is 3. The van der Waals surface area contributed by atoms with Crippen LogP contribution in [0.2, 0.25) is 0 Å². The normalized spacial score (nSPS) is 10.9. The highest BCUT2D eigenvalue weighted by atomic mass is 16.3. The van der Waals surface area contributed by atoms with Crippen LogP contribution in [0.4, 0.5) is 0 Å². The van der Waals surface area contributed by atoms with Gasteiger partial charge in [-0.25, -0.2) is 0 Å². The summed E-state index contributed by atoms with van der Waals surface area (Å²) in [7, 11) is 0. The number of phenolic OH excluding ortho intramolecular Hbond substituents is 3. The smallest absolute Gasteiger partial charge is 0.131 e. The lowest BCUT2D eigenvalue weighted by Gasteiger charge is -2.14. The summed E-state index contributed by atoms with van der Waals surface area (Å²) in [5.74, 6) is 0.754. The van der Waals surface area contributed by atoms with Crippen LogP contribution in [0.25, 0.3) is 22.3 Å². The Balaban J connectivity index is 2.19. The Hall–Kier alpha value is -2.94. The van der Waals surface area contributed by atoms with Crippen LogP contribution in [0, 0.1) is 27.7 Å². The monoisotopic (exact) mass is 334 g/mol. The number of rotatable bonds is 2. The third-order valence-corrected chi connectivity index (χ3v) is 4.64. The highest BCUT2D eigenvalue weighted by molar-refractivity contribution is 5.83. The lowest BCUT2D eigenvalue weighted by molar-refractivity contribution is 0.466. The molecule has 0 radical (unpaired) electrons. The van der Waals surface area contributed by atoms with Crippen LogP contribution in [0.3, 0.4) is 0 Å². The summed E-state index contributed by atoms with van der Waals surface area (Å²) in [6.45, 7) is 7.39. The van der Waals surface area contributed by atoms with Gasteiger partial charge in [-0.05, 0) is 85.3 Å². The Morgan fingerprint density at radius 3 is 1.16 bits per heavy atom. The van der Waals surface area contributed by atoms with Crippen molar-refractivity contribution in [3.8, 4) is 39.5 Å². The van der Waals surface area contributed by atoms with Crippen LogP contribution >= 0.6 is 0 Å². The van der Waals surface area contributed by atoms with Gasteiger partial charge in [-0.15, -0.1) is 0 Å². The van der Waals surface area contributed by atoms with Crippen molar-refractivity contribution in [2.75, 3.05) is 0 Å². The molecule has 25 heavy (non-hydrogen) atoms. The van der Waals surface area contributed by atoms with E-state index in [1.54, 1.807) is 0 Å². The van der Waals surface area contributed by atoms with Crippen LogP contribution in [-0.2, 0) is 0 Å². The lowest BCUT2D eigenvalue weighted by Crippen LogP contribution is -1.89. The molecule has 3 heteroatoms. The molecule has 3 aromatic rings. The molecule has 0 atom stereocenters. The van der Waals surface area contributed by atoms with Gasteiger partial charge >= 0.3 is 0 Å². The van der Waals surface area contributed by atoms with Crippen LogP contribution in [0.1, 0.15) is 22.3 Å². The van der Waals surface area contributed by atoms with Crippen molar-refractivity contribution in [1.82, 2.24) is 0 Å². The van der Waals surface area contributed by atoms with E-state index in [1.807, 2.05) is 70.2 Å². The Morgan fingerprint density at radius 2 is 0.840 bits per heavy atom. The van der Waals surface area contributed by atoms with Gasteiger partial charge in [-0.2, -0.15) is 0 Å². The summed E-state index contributed by atoms with van der Waals surface area (Å²) in [5, 5.41) is 30.8. The predicted octanol–water partition coefficient (Wildman–Crippen LogP) is 5.37. The third-order valence-electron chi connectivity index (χ3n) is 4.64. The van der Waals surface area contributed by atoms with E-state index in [-0.39, 0.29) is 17.2 Å². The van der Waals surface area contributed by atoms with E-state index < -0.39 is 0 Å². The minimum Gasteiger partial charge on any atom is -0.507 e. The first kappa shape index (κ1) is 16.9. The van der Waals surface area contributed by atoms with Gasteiger partial charge in [-0.3, -0.25) is 0 Å². The maximum Gasteiger partial charge on any atom is 0.131 e. The summed E-state index contributed by atoms with van der Waals surface area (Å²) in [6, 6.07) is 13.1. The van der Waals surface area contributed by atoms with E-state index in [0.717, 1.165) is 33.4 Å². The van der Waals surface area contributed by atoms with Crippen molar-refractivity contribution in [2.45, 2.75) is 27.7 Å². The standard InChI is InChI=1S/C22H22O3/c1-12-8-16(9-13(2)20(12)23)18-6-5-7-19(22(18)25)17-10-14(3)21(24)15(4)11-17/h5-11,23-25H,1-4H3. The molecule has 3 nitrogen and oxygen atoms in total. The maximum atomic E-state index is 10.9. The zero-order valence-corrected chi connectivity index (χ0v) is 14.9. The molecular formula is C22H22O3. The van der Waals surface area contributed by atoms with E-state index in [1.165, 1.54) is 0 Å². The summed E-state index contributed by atoms with van der Waals surface area (Å²) in [6.07, 6.45) is 0. The first-order valence-corrected chi connectivity index (χ1v) is 8.22. The highest BCUT2D eigenvalue weighted by Gasteiger charge is 2.14. The average molecular weight is 334 g/mol. The van der Waals surface area contributed by atoms with Gasteiger partial charge in [0.2, 0.25) is 0 Å². The van der Waals surface area contributed by atoms with E-state index in [9.17, 15) is 15.3 Å². The lowest BCUT2D eigenvalue weighted by atomic mass is 9.93. The fourth-order valence-corrected chi connectivity index (χ4v) is 3.23. The molecule has 128 valence electrons. The molecule has 0 spiro atoms. The number of hydrogen-bond donors (Lipinski definition) is 3. The van der Waals surface area contributed by atoms with Gasteiger partial charge in [0.15, 0.2) is 0 Å². The molecular weight excluding hydrogens is 312 g/mol. The quantitative estimate of drug-likeness (QED) is 0.590. The molecule has 0 bridgehead atoms. The molecule has 3 N–H and O–H groups in total. The number of aromatic hydroxyl groups is 3. The van der Waals surface area contributed by atoms with Gasteiger partial charge < -0.3 is 15.3 Å². The van der Waals surface area contributed by atoms with Gasteiger partial charge in [-0.1, -0.05) is 18.2 Å². The zero-order chi connectivity index (χ0) is 18.3. The molecule has 3 rings (SSSR count). The number of phenols is 3. The van der Waals surface area contributed by atoms with Crippen molar-refractivity contribution < 1.29 is 15.3 Å². The van der Waals surface area contributed by atoms with Crippen molar-refractivity contribution in [3.63, 3.8) is 0 Å². The number of para-hydroxylation sites is 1. The second-order valence-electron chi connectivity index (χ2n) is 6.62. The van der Waals surface area contributed by atoms with Crippen molar-refractivity contribution in [3.05, 3.63) is 64.7 Å². The number of aryl methyl sites for hydroxylation is 4. The fourth-order valence-electron chi connectivity index (χ4n) is 3.23. The first-order chi connectivity index (χ1) is 11.8. The molecule has 0 unspecified atom stereocenters. The van der Waals surface area contributed by atoms with E-state index in [4.69, 9.17) is 0 Å². The summed E-state index contributed by atoms with van der Waals surface area (Å²) in [5.41, 5.74) is 6.25. The SMILES string of the molecule is Cc1cc(-c2cccc(-c3cc(C)c(O)c(C)c3)c2O)cc(C)c1O. The van der Waals surface area contributed by atoms with Crippen LogP contribution in [-0.4, -0.2) is 15.3 Å². The van der Waals surface area contributed by atoms with Crippen molar-refractivity contribution in [1.29, 1.82) is 0 Å². The molecule has 3 aromatic carbocycles. The second kappa shape index (κ2) is 6.17. The molecule has 0 saturated carbocycles. The predicted molar refractivity (Wildman–Crippen MR) is 101 cm³/mol. The van der Waals surface area contributed by atoms with E-state index in [2.05, 4.69) is 0 Å².